The van der Waals surface area contributed by atoms with Gasteiger partial charge < -0.3 is 0 Å². The summed E-state index contributed by atoms with van der Waals surface area (Å²) in [5.74, 6) is 0.873. The van der Waals surface area contributed by atoms with Crippen molar-refractivity contribution in [2.45, 2.75) is 26.8 Å². The highest BCUT2D eigenvalue weighted by Crippen LogP contribution is 2.21. The summed E-state index contributed by atoms with van der Waals surface area (Å²) in [7, 11) is 0. The monoisotopic (exact) mass is 267 g/mol. The molecule has 0 radical (unpaired) electrons. The molecule has 1 nitrogen and oxygen atoms in total. The second kappa shape index (κ2) is 4.67. The van der Waals surface area contributed by atoms with Gasteiger partial charge in [0.1, 0.15) is 0 Å². The molecule has 0 saturated carbocycles. The molecule has 1 atom stereocenters. The number of aryl methyl sites for hydroxylation is 1. The van der Waals surface area contributed by atoms with E-state index in [9.17, 15) is 0 Å². The molecule has 1 unspecified atom stereocenters. The molecule has 0 spiro atoms. The van der Waals surface area contributed by atoms with Gasteiger partial charge in [-0.2, -0.15) is 0 Å². The Labute approximate surface area is 101 Å². The molecule has 1 aromatic rings. The summed E-state index contributed by atoms with van der Waals surface area (Å²) < 4.78 is 1.19. The number of benzene rings is 1. The lowest BCUT2D eigenvalue weighted by Crippen LogP contribution is -2.20. The quantitative estimate of drug-likeness (QED) is 0.792. The second-order valence-corrected chi connectivity index (χ2v) is 5.62. The maximum atomic E-state index is 3.54. The lowest BCUT2D eigenvalue weighted by atomic mass is 10.1. The van der Waals surface area contributed by atoms with Crippen molar-refractivity contribution < 1.29 is 0 Å². The van der Waals surface area contributed by atoms with E-state index in [-0.39, 0.29) is 0 Å². The first-order valence-corrected chi connectivity index (χ1v) is 6.42. The molecule has 1 aliphatic rings. The molecule has 1 saturated heterocycles. The van der Waals surface area contributed by atoms with Gasteiger partial charge in [0, 0.05) is 17.6 Å². The van der Waals surface area contributed by atoms with E-state index < -0.39 is 0 Å². The SMILES string of the molecule is Cc1ccc(Br)cc1CN1CCC(C)C1. The van der Waals surface area contributed by atoms with Gasteiger partial charge in [-0.05, 0) is 49.1 Å². The van der Waals surface area contributed by atoms with Crippen LogP contribution < -0.4 is 0 Å². The van der Waals surface area contributed by atoms with Crippen LogP contribution in [-0.4, -0.2) is 18.0 Å². The second-order valence-electron chi connectivity index (χ2n) is 4.70. The van der Waals surface area contributed by atoms with E-state index >= 15 is 0 Å². The number of rotatable bonds is 2. The van der Waals surface area contributed by atoms with Crippen LogP contribution in [0.3, 0.4) is 0 Å². The minimum Gasteiger partial charge on any atom is -0.299 e. The Kier molecular flexibility index (Phi) is 3.47. The molecule has 1 fully saturated rings. The Balaban J connectivity index is 2.07. The number of hydrogen-bond acceptors (Lipinski definition) is 1. The van der Waals surface area contributed by atoms with Gasteiger partial charge in [-0.3, -0.25) is 4.90 Å². The third-order valence-corrected chi connectivity index (χ3v) is 3.71. The molecule has 1 aromatic carbocycles. The van der Waals surface area contributed by atoms with Crippen LogP contribution in [0.2, 0.25) is 0 Å². The van der Waals surface area contributed by atoms with Gasteiger partial charge in [-0.1, -0.05) is 28.9 Å². The summed E-state index contributed by atoms with van der Waals surface area (Å²) in [6.45, 7) is 8.16. The van der Waals surface area contributed by atoms with Crippen molar-refractivity contribution in [1.82, 2.24) is 4.90 Å². The largest absolute Gasteiger partial charge is 0.299 e. The van der Waals surface area contributed by atoms with Gasteiger partial charge in [0.25, 0.3) is 0 Å². The third-order valence-electron chi connectivity index (χ3n) is 3.21. The maximum Gasteiger partial charge on any atom is 0.0236 e. The Morgan fingerprint density at radius 3 is 2.93 bits per heavy atom. The van der Waals surface area contributed by atoms with Crippen molar-refractivity contribution in [3.8, 4) is 0 Å². The molecule has 0 N–H and O–H groups in total. The molecule has 1 aliphatic heterocycles. The molecule has 15 heavy (non-hydrogen) atoms. The van der Waals surface area contributed by atoms with Crippen molar-refractivity contribution in [3.63, 3.8) is 0 Å². The maximum absolute atomic E-state index is 3.54. The minimum atomic E-state index is 0.873. The Bertz CT molecular complexity index is 348. The van der Waals surface area contributed by atoms with Crippen LogP contribution in [0.25, 0.3) is 0 Å². The van der Waals surface area contributed by atoms with E-state index in [4.69, 9.17) is 0 Å². The number of nitrogens with zero attached hydrogens (tertiary/aromatic N) is 1. The molecule has 0 aromatic heterocycles. The fraction of sp³-hybridized carbons (Fsp3) is 0.538. The van der Waals surface area contributed by atoms with Gasteiger partial charge in [0.15, 0.2) is 0 Å². The van der Waals surface area contributed by atoms with Crippen LogP contribution in [0.5, 0.6) is 0 Å². The molecule has 2 rings (SSSR count). The van der Waals surface area contributed by atoms with E-state index in [0.29, 0.717) is 0 Å². The van der Waals surface area contributed by atoms with E-state index in [1.807, 2.05) is 0 Å². The molecule has 0 bridgehead atoms. The molecule has 0 amide bonds. The number of halogens is 1. The van der Waals surface area contributed by atoms with Crippen molar-refractivity contribution in [2.75, 3.05) is 13.1 Å². The summed E-state index contributed by atoms with van der Waals surface area (Å²) in [5.41, 5.74) is 2.86. The summed E-state index contributed by atoms with van der Waals surface area (Å²) >= 11 is 3.54. The van der Waals surface area contributed by atoms with Crippen LogP contribution in [0, 0.1) is 12.8 Å². The zero-order chi connectivity index (χ0) is 10.8. The highest BCUT2D eigenvalue weighted by molar-refractivity contribution is 9.10. The average molecular weight is 268 g/mol. The van der Waals surface area contributed by atoms with E-state index in [1.165, 1.54) is 35.1 Å². The Hall–Kier alpha value is -0.340. The summed E-state index contributed by atoms with van der Waals surface area (Å²) in [4.78, 5) is 2.55. The highest BCUT2D eigenvalue weighted by Gasteiger charge is 2.18. The van der Waals surface area contributed by atoms with E-state index in [2.05, 4.69) is 52.9 Å². The van der Waals surface area contributed by atoms with Crippen molar-refractivity contribution >= 4 is 15.9 Å². The summed E-state index contributed by atoms with van der Waals surface area (Å²) in [5, 5.41) is 0. The minimum absolute atomic E-state index is 0.873. The Morgan fingerprint density at radius 1 is 1.47 bits per heavy atom. The fourth-order valence-corrected chi connectivity index (χ4v) is 2.63. The lowest BCUT2D eigenvalue weighted by Gasteiger charge is -2.17. The molecular formula is C13H18BrN. The summed E-state index contributed by atoms with van der Waals surface area (Å²) in [6.07, 6.45) is 1.35. The zero-order valence-corrected chi connectivity index (χ0v) is 11.0. The first-order valence-electron chi connectivity index (χ1n) is 5.62. The predicted octanol–water partition coefficient (Wildman–Crippen LogP) is 3.60. The molecule has 2 heteroatoms. The van der Waals surface area contributed by atoms with Crippen LogP contribution in [0.1, 0.15) is 24.5 Å². The normalized spacial score (nSPS) is 22.2. The molecule has 82 valence electrons. The van der Waals surface area contributed by atoms with Gasteiger partial charge in [-0.25, -0.2) is 0 Å². The number of hydrogen-bond donors (Lipinski definition) is 0. The van der Waals surface area contributed by atoms with Gasteiger partial charge in [0.05, 0.1) is 0 Å². The standard InChI is InChI=1S/C13H18BrN/c1-10-5-6-15(8-10)9-12-7-13(14)4-3-11(12)2/h3-4,7,10H,5-6,8-9H2,1-2H3. The van der Waals surface area contributed by atoms with E-state index in [0.717, 1.165) is 12.5 Å². The van der Waals surface area contributed by atoms with Gasteiger partial charge in [0.2, 0.25) is 0 Å². The molecule has 0 aliphatic carbocycles. The van der Waals surface area contributed by atoms with Gasteiger partial charge in [-0.15, -0.1) is 0 Å². The topological polar surface area (TPSA) is 3.24 Å². The number of likely N-dealkylation sites (tertiary alicyclic amines) is 1. The van der Waals surface area contributed by atoms with Crippen LogP contribution >= 0.6 is 15.9 Å². The lowest BCUT2D eigenvalue weighted by molar-refractivity contribution is 0.319. The van der Waals surface area contributed by atoms with Crippen molar-refractivity contribution in [1.29, 1.82) is 0 Å². The fourth-order valence-electron chi connectivity index (χ4n) is 2.22. The molecular weight excluding hydrogens is 250 g/mol. The zero-order valence-electron chi connectivity index (χ0n) is 9.46. The van der Waals surface area contributed by atoms with Crippen molar-refractivity contribution in [2.24, 2.45) is 5.92 Å². The smallest absolute Gasteiger partial charge is 0.0236 e. The van der Waals surface area contributed by atoms with Crippen molar-refractivity contribution in [3.05, 3.63) is 33.8 Å². The van der Waals surface area contributed by atoms with Crippen LogP contribution in [0.15, 0.2) is 22.7 Å². The van der Waals surface area contributed by atoms with Crippen LogP contribution in [0.4, 0.5) is 0 Å². The third kappa shape index (κ3) is 2.82. The van der Waals surface area contributed by atoms with Gasteiger partial charge >= 0.3 is 0 Å². The predicted molar refractivity (Wildman–Crippen MR) is 67.9 cm³/mol. The summed E-state index contributed by atoms with van der Waals surface area (Å²) in [6, 6.07) is 6.56. The Morgan fingerprint density at radius 2 is 2.27 bits per heavy atom. The van der Waals surface area contributed by atoms with Crippen LogP contribution in [-0.2, 0) is 6.54 Å². The first kappa shape index (κ1) is 11.2. The first-order chi connectivity index (χ1) is 7.15. The average Bonchev–Trinajstić information content (AvgIpc) is 2.58. The highest BCUT2D eigenvalue weighted by atomic mass is 79.9. The molecule has 1 heterocycles. The van der Waals surface area contributed by atoms with E-state index in [1.54, 1.807) is 0 Å².